The van der Waals surface area contributed by atoms with Crippen LogP contribution < -0.4 is 9.62 Å². The van der Waals surface area contributed by atoms with Crippen LogP contribution in [0.1, 0.15) is 37.5 Å². The van der Waals surface area contributed by atoms with Crippen LogP contribution in [0.3, 0.4) is 0 Å². The van der Waals surface area contributed by atoms with Crippen molar-refractivity contribution in [2.24, 2.45) is 0 Å². The van der Waals surface area contributed by atoms with Gasteiger partial charge in [0, 0.05) is 24.0 Å². The monoisotopic (exact) mass is 631 g/mol. The van der Waals surface area contributed by atoms with Crippen LogP contribution in [0.5, 0.6) is 0 Å². The molecule has 2 amide bonds. The number of hydrogen-bond donors (Lipinski definition) is 1. The van der Waals surface area contributed by atoms with Gasteiger partial charge in [-0.1, -0.05) is 97.4 Å². The number of benzene rings is 4. The molecule has 0 radical (unpaired) electrons. The summed E-state index contributed by atoms with van der Waals surface area (Å²) in [5.41, 5.74) is 2.78. The lowest BCUT2D eigenvalue weighted by molar-refractivity contribution is -0.140. The van der Waals surface area contributed by atoms with Gasteiger partial charge in [0.1, 0.15) is 12.6 Å². The lowest BCUT2D eigenvalue weighted by atomic mass is 10.0. The number of carbonyl (C=O) groups excluding carboxylic acids is 2. The molecular formula is C35H38ClN3O4S. The Bertz CT molecular complexity index is 1660. The van der Waals surface area contributed by atoms with Crippen LogP contribution in [-0.4, -0.2) is 43.8 Å². The number of halogens is 1. The molecule has 0 heterocycles. The molecule has 0 saturated heterocycles. The van der Waals surface area contributed by atoms with Crippen molar-refractivity contribution in [3.8, 4) is 0 Å². The van der Waals surface area contributed by atoms with E-state index in [4.69, 9.17) is 11.6 Å². The molecule has 230 valence electrons. The topological polar surface area (TPSA) is 86.8 Å². The summed E-state index contributed by atoms with van der Waals surface area (Å²) in [4.78, 5) is 29.8. The Kier molecular flexibility index (Phi) is 11.2. The average molecular weight is 632 g/mol. The highest BCUT2D eigenvalue weighted by Crippen LogP contribution is 2.28. The summed E-state index contributed by atoms with van der Waals surface area (Å²) in [6.45, 7) is 5.20. The van der Waals surface area contributed by atoms with Gasteiger partial charge >= 0.3 is 0 Å². The molecule has 0 fully saturated rings. The van der Waals surface area contributed by atoms with Crippen molar-refractivity contribution in [1.82, 2.24) is 10.2 Å². The number of hydrogen-bond acceptors (Lipinski definition) is 4. The molecule has 4 aromatic rings. The molecule has 0 aliphatic rings. The number of sulfonamides is 1. The van der Waals surface area contributed by atoms with Gasteiger partial charge in [-0.05, 0) is 67.3 Å². The number of para-hydroxylation sites is 1. The van der Waals surface area contributed by atoms with E-state index in [0.717, 1.165) is 15.4 Å². The Hall–Kier alpha value is -4.14. The second-order valence-corrected chi connectivity index (χ2v) is 13.1. The van der Waals surface area contributed by atoms with Crippen molar-refractivity contribution >= 4 is 39.1 Å². The third-order valence-corrected chi connectivity index (χ3v) is 9.20. The fourth-order valence-corrected chi connectivity index (χ4v) is 6.74. The highest BCUT2D eigenvalue weighted by molar-refractivity contribution is 7.92. The molecular weight excluding hydrogens is 594 g/mol. The Morgan fingerprint density at radius 3 is 2.07 bits per heavy atom. The summed E-state index contributed by atoms with van der Waals surface area (Å²) >= 11 is 6.30. The van der Waals surface area contributed by atoms with Crippen LogP contribution in [0.4, 0.5) is 5.69 Å². The maximum absolute atomic E-state index is 14.5. The molecule has 0 spiro atoms. The highest BCUT2D eigenvalue weighted by Gasteiger charge is 2.35. The summed E-state index contributed by atoms with van der Waals surface area (Å²) in [5.74, 6) is -0.846. The van der Waals surface area contributed by atoms with E-state index in [9.17, 15) is 18.0 Å². The fourth-order valence-electron chi connectivity index (χ4n) is 5.05. The van der Waals surface area contributed by atoms with E-state index in [1.54, 1.807) is 48.5 Å². The van der Waals surface area contributed by atoms with Crippen LogP contribution in [-0.2, 0) is 39.0 Å². The van der Waals surface area contributed by atoms with Gasteiger partial charge in [0.25, 0.3) is 10.0 Å². The Labute approximate surface area is 265 Å². The van der Waals surface area contributed by atoms with Gasteiger partial charge in [-0.3, -0.25) is 13.9 Å². The molecule has 1 atom stereocenters. The molecule has 4 rings (SSSR count). The van der Waals surface area contributed by atoms with E-state index < -0.39 is 28.5 Å². The quantitative estimate of drug-likeness (QED) is 0.189. The summed E-state index contributed by atoms with van der Waals surface area (Å²) in [5, 5.41) is 3.46. The summed E-state index contributed by atoms with van der Waals surface area (Å²) < 4.78 is 29.5. The minimum atomic E-state index is -4.15. The first-order chi connectivity index (χ1) is 21.1. The molecule has 0 aliphatic carbocycles. The minimum Gasteiger partial charge on any atom is -0.352 e. The van der Waals surface area contributed by atoms with Gasteiger partial charge in [0.05, 0.1) is 10.6 Å². The van der Waals surface area contributed by atoms with Crippen molar-refractivity contribution in [2.75, 3.05) is 10.8 Å². The van der Waals surface area contributed by atoms with E-state index in [-0.39, 0.29) is 29.8 Å². The van der Waals surface area contributed by atoms with Crippen LogP contribution in [0.2, 0.25) is 5.02 Å². The first kappa shape index (κ1) is 32.8. The number of carbonyl (C=O) groups is 2. The van der Waals surface area contributed by atoms with Crippen LogP contribution in [0.15, 0.2) is 114 Å². The van der Waals surface area contributed by atoms with Gasteiger partial charge in [-0.25, -0.2) is 8.42 Å². The zero-order valence-electron chi connectivity index (χ0n) is 25.2. The van der Waals surface area contributed by atoms with E-state index in [1.807, 2.05) is 69.3 Å². The van der Waals surface area contributed by atoms with Gasteiger partial charge < -0.3 is 10.2 Å². The molecule has 9 heteroatoms. The number of anilines is 1. The van der Waals surface area contributed by atoms with E-state index in [1.165, 1.54) is 17.0 Å². The number of nitrogens with one attached hydrogen (secondary N) is 1. The third-order valence-electron chi connectivity index (χ3n) is 7.20. The predicted molar refractivity (Wildman–Crippen MR) is 176 cm³/mol. The van der Waals surface area contributed by atoms with Crippen molar-refractivity contribution in [3.05, 3.63) is 131 Å². The number of amides is 2. The highest BCUT2D eigenvalue weighted by atomic mass is 35.5. The molecule has 0 unspecified atom stereocenters. The Balaban J connectivity index is 1.83. The average Bonchev–Trinajstić information content (AvgIpc) is 3.02. The van der Waals surface area contributed by atoms with Crippen molar-refractivity contribution in [1.29, 1.82) is 0 Å². The lowest BCUT2D eigenvalue weighted by Gasteiger charge is -2.34. The predicted octanol–water partition coefficient (Wildman–Crippen LogP) is 6.26. The maximum atomic E-state index is 14.5. The van der Waals surface area contributed by atoms with E-state index in [2.05, 4.69) is 5.32 Å². The fraction of sp³-hybridized carbons (Fsp3) is 0.257. The van der Waals surface area contributed by atoms with Crippen LogP contribution in [0.25, 0.3) is 0 Å². The second kappa shape index (κ2) is 15.0. The second-order valence-electron chi connectivity index (χ2n) is 10.8. The normalized spacial score (nSPS) is 12.0. The molecule has 44 heavy (non-hydrogen) atoms. The summed E-state index contributed by atoms with van der Waals surface area (Å²) in [6.07, 6.45) is 0.799. The molecule has 4 aromatic carbocycles. The smallest absolute Gasteiger partial charge is 0.264 e. The minimum absolute atomic E-state index is 0.0526. The number of aryl methyl sites for hydroxylation is 1. The molecule has 0 aromatic heterocycles. The molecule has 0 aliphatic heterocycles. The SMILES string of the molecule is CCc1ccccc1N(CC(=O)N(Cc1cccc(Cl)c1)[C@H](Cc1ccccc1)C(=O)NC(C)C)S(=O)(=O)c1ccccc1. The van der Waals surface area contributed by atoms with Gasteiger partial charge in [0.2, 0.25) is 11.8 Å². The third kappa shape index (κ3) is 8.27. The summed E-state index contributed by atoms with van der Waals surface area (Å²) in [6, 6.07) is 30.7. The summed E-state index contributed by atoms with van der Waals surface area (Å²) in [7, 11) is -4.15. The van der Waals surface area contributed by atoms with Crippen molar-refractivity contribution in [2.45, 2.75) is 57.1 Å². The Morgan fingerprint density at radius 2 is 1.43 bits per heavy atom. The molecule has 0 saturated carbocycles. The molecule has 0 bridgehead atoms. The van der Waals surface area contributed by atoms with E-state index >= 15 is 0 Å². The molecule has 7 nitrogen and oxygen atoms in total. The molecule has 1 N–H and O–H groups in total. The largest absolute Gasteiger partial charge is 0.352 e. The van der Waals surface area contributed by atoms with Crippen molar-refractivity contribution in [3.63, 3.8) is 0 Å². The first-order valence-electron chi connectivity index (χ1n) is 14.6. The maximum Gasteiger partial charge on any atom is 0.264 e. The van der Waals surface area contributed by atoms with E-state index in [0.29, 0.717) is 22.7 Å². The van der Waals surface area contributed by atoms with Gasteiger partial charge in [0.15, 0.2) is 0 Å². The van der Waals surface area contributed by atoms with Crippen LogP contribution in [0, 0.1) is 0 Å². The van der Waals surface area contributed by atoms with Gasteiger partial charge in [-0.2, -0.15) is 0 Å². The first-order valence-corrected chi connectivity index (χ1v) is 16.5. The number of nitrogens with zero attached hydrogens (tertiary/aromatic N) is 2. The Morgan fingerprint density at radius 1 is 0.818 bits per heavy atom. The lowest BCUT2D eigenvalue weighted by Crippen LogP contribution is -2.54. The standard InChI is InChI=1S/C35H38ClN3O4S/c1-4-29-17-11-12-21-32(29)39(44(42,43)31-19-9-6-10-20-31)25-34(40)38(24-28-16-13-18-30(36)22-28)33(35(41)37-26(2)3)23-27-14-7-5-8-15-27/h5-22,26,33H,4,23-25H2,1-3H3,(H,37,41)/t33-/m1/s1. The zero-order chi connectivity index (χ0) is 31.7. The number of rotatable bonds is 13. The van der Waals surface area contributed by atoms with Crippen LogP contribution >= 0.6 is 11.6 Å². The van der Waals surface area contributed by atoms with Crippen molar-refractivity contribution < 1.29 is 18.0 Å². The van der Waals surface area contributed by atoms with Gasteiger partial charge in [-0.15, -0.1) is 0 Å². The zero-order valence-corrected chi connectivity index (χ0v) is 26.8.